The van der Waals surface area contributed by atoms with Gasteiger partial charge in [-0.2, -0.15) is 5.10 Å². The Kier molecular flexibility index (Phi) is 5.98. The molecule has 6 heteroatoms. The summed E-state index contributed by atoms with van der Waals surface area (Å²) in [6.07, 6.45) is 1.57. The first kappa shape index (κ1) is 16.5. The fraction of sp³-hybridized carbons (Fsp3) is 0.125. The van der Waals surface area contributed by atoms with Crippen LogP contribution in [-0.2, 0) is 4.79 Å². The number of halogens is 2. The first-order valence-electron chi connectivity index (χ1n) is 6.51. The summed E-state index contributed by atoms with van der Waals surface area (Å²) in [6, 6.07) is 13.0. The lowest BCUT2D eigenvalue weighted by Crippen LogP contribution is -2.24. The van der Waals surface area contributed by atoms with E-state index in [9.17, 15) is 4.79 Å². The summed E-state index contributed by atoms with van der Waals surface area (Å²) >= 11 is 9.29. The topological polar surface area (TPSA) is 50.7 Å². The summed E-state index contributed by atoms with van der Waals surface area (Å²) in [6.45, 7) is 1.85. The fourth-order valence-electron chi connectivity index (χ4n) is 1.60. The second kappa shape index (κ2) is 7.96. The van der Waals surface area contributed by atoms with Crippen LogP contribution in [0, 0.1) is 6.92 Å². The van der Waals surface area contributed by atoms with Crippen LogP contribution < -0.4 is 10.2 Å². The largest absolute Gasteiger partial charge is 0.482 e. The van der Waals surface area contributed by atoms with Gasteiger partial charge in [-0.05, 0) is 30.7 Å². The average molecular weight is 382 g/mol. The van der Waals surface area contributed by atoms with Crippen molar-refractivity contribution in [3.8, 4) is 5.75 Å². The van der Waals surface area contributed by atoms with Gasteiger partial charge in [0.2, 0.25) is 0 Å². The van der Waals surface area contributed by atoms with E-state index < -0.39 is 0 Å². The molecule has 0 radical (unpaired) electrons. The molecule has 0 aliphatic carbocycles. The Morgan fingerprint density at radius 1 is 1.32 bits per heavy atom. The van der Waals surface area contributed by atoms with Crippen LogP contribution in [0.4, 0.5) is 0 Å². The molecule has 114 valence electrons. The molecular weight excluding hydrogens is 368 g/mol. The van der Waals surface area contributed by atoms with Gasteiger partial charge in [-0.15, -0.1) is 0 Å². The Balaban J connectivity index is 1.81. The van der Waals surface area contributed by atoms with Gasteiger partial charge in [-0.1, -0.05) is 57.4 Å². The molecular formula is C16H14BrClN2O2. The SMILES string of the molecule is Cc1ccc(C=NNC(=O)COc2ccc(Br)cc2Cl)cc1. The van der Waals surface area contributed by atoms with Gasteiger partial charge in [0.1, 0.15) is 5.75 Å². The van der Waals surface area contributed by atoms with Crippen molar-refractivity contribution in [3.63, 3.8) is 0 Å². The monoisotopic (exact) mass is 380 g/mol. The molecule has 2 rings (SSSR count). The molecule has 0 atom stereocenters. The van der Waals surface area contributed by atoms with Crippen molar-refractivity contribution in [3.05, 3.63) is 63.1 Å². The lowest BCUT2D eigenvalue weighted by molar-refractivity contribution is -0.123. The van der Waals surface area contributed by atoms with E-state index in [0.717, 1.165) is 10.0 Å². The molecule has 0 saturated heterocycles. The zero-order chi connectivity index (χ0) is 15.9. The maximum Gasteiger partial charge on any atom is 0.277 e. The number of rotatable bonds is 5. The van der Waals surface area contributed by atoms with Gasteiger partial charge >= 0.3 is 0 Å². The molecule has 0 bridgehead atoms. The van der Waals surface area contributed by atoms with Crippen molar-refractivity contribution < 1.29 is 9.53 Å². The summed E-state index contributed by atoms with van der Waals surface area (Å²) in [5, 5.41) is 4.31. The van der Waals surface area contributed by atoms with Crippen LogP contribution in [0.1, 0.15) is 11.1 Å². The Labute approximate surface area is 142 Å². The number of aryl methyl sites for hydroxylation is 1. The summed E-state index contributed by atoms with van der Waals surface area (Å²) < 4.78 is 6.18. The number of benzene rings is 2. The number of hydrogen-bond acceptors (Lipinski definition) is 3. The molecule has 0 fully saturated rings. The van der Waals surface area contributed by atoms with Crippen molar-refractivity contribution in [1.29, 1.82) is 0 Å². The van der Waals surface area contributed by atoms with E-state index in [-0.39, 0.29) is 12.5 Å². The summed E-state index contributed by atoms with van der Waals surface area (Å²) in [5.41, 5.74) is 4.47. The minimum absolute atomic E-state index is 0.160. The van der Waals surface area contributed by atoms with Crippen molar-refractivity contribution in [2.75, 3.05) is 6.61 Å². The molecule has 1 amide bonds. The van der Waals surface area contributed by atoms with Crippen LogP contribution >= 0.6 is 27.5 Å². The van der Waals surface area contributed by atoms with E-state index in [0.29, 0.717) is 10.8 Å². The Morgan fingerprint density at radius 3 is 2.73 bits per heavy atom. The van der Waals surface area contributed by atoms with Crippen LogP contribution in [0.3, 0.4) is 0 Å². The third-order valence-corrected chi connectivity index (χ3v) is 3.52. The zero-order valence-electron chi connectivity index (χ0n) is 11.8. The van der Waals surface area contributed by atoms with Crippen LogP contribution in [-0.4, -0.2) is 18.7 Å². The molecule has 4 nitrogen and oxygen atoms in total. The molecule has 0 saturated carbocycles. The number of carbonyl (C=O) groups is 1. The molecule has 2 aromatic carbocycles. The van der Waals surface area contributed by atoms with Crippen LogP contribution in [0.25, 0.3) is 0 Å². The van der Waals surface area contributed by atoms with Crippen LogP contribution in [0.2, 0.25) is 5.02 Å². The summed E-state index contributed by atoms with van der Waals surface area (Å²) in [4.78, 5) is 11.6. The van der Waals surface area contributed by atoms with Gasteiger partial charge < -0.3 is 4.74 Å². The molecule has 0 aliphatic rings. The molecule has 1 N–H and O–H groups in total. The zero-order valence-corrected chi connectivity index (χ0v) is 14.2. The van der Waals surface area contributed by atoms with E-state index >= 15 is 0 Å². The second-order valence-corrected chi connectivity index (χ2v) is 5.89. The first-order chi connectivity index (χ1) is 10.5. The number of nitrogens with one attached hydrogen (secondary N) is 1. The van der Waals surface area contributed by atoms with Crippen molar-refractivity contribution in [2.45, 2.75) is 6.92 Å². The Morgan fingerprint density at radius 2 is 2.05 bits per heavy atom. The highest BCUT2D eigenvalue weighted by molar-refractivity contribution is 9.10. The number of hydrogen-bond donors (Lipinski definition) is 1. The highest BCUT2D eigenvalue weighted by atomic mass is 79.9. The van der Waals surface area contributed by atoms with Crippen LogP contribution in [0.5, 0.6) is 5.75 Å². The smallest absolute Gasteiger partial charge is 0.277 e. The second-order valence-electron chi connectivity index (χ2n) is 4.57. The Hall–Kier alpha value is -1.85. The highest BCUT2D eigenvalue weighted by Gasteiger charge is 2.05. The van der Waals surface area contributed by atoms with E-state index in [1.54, 1.807) is 24.4 Å². The minimum atomic E-state index is -0.359. The van der Waals surface area contributed by atoms with Crippen molar-refractivity contribution in [1.82, 2.24) is 5.43 Å². The molecule has 2 aromatic rings. The van der Waals surface area contributed by atoms with Gasteiger partial charge in [0.15, 0.2) is 6.61 Å². The first-order valence-corrected chi connectivity index (χ1v) is 7.68. The lowest BCUT2D eigenvalue weighted by Gasteiger charge is -2.07. The quantitative estimate of drug-likeness (QED) is 0.630. The van der Waals surface area contributed by atoms with E-state index in [1.165, 1.54) is 5.56 Å². The fourth-order valence-corrected chi connectivity index (χ4v) is 2.33. The molecule has 0 unspecified atom stereocenters. The standard InChI is InChI=1S/C16H14BrClN2O2/c1-11-2-4-12(5-3-11)9-19-20-16(21)10-22-15-7-6-13(17)8-14(15)18/h2-9H,10H2,1H3,(H,20,21). The predicted octanol–water partition coefficient (Wildman–Crippen LogP) is 3.94. The number of nitrogens with zero attached hydrogens (tertiary/aromatic N) is 1. The van der Waals surface area contributed by atoms with E-state index in [4.69, 9.17) is 16.3 Å². The maximum atomic E-state index is 11.6. The number of ether oxygens (including phenoxy) is 1. The van der Waals surface area contributed by atoms with E-state index in [1.807, 2.05) is 31.2 Å². The molecule has 0 spiro atoms. The van der Waals surface area contributed by atoms with Gasteiger partial charge in [-0.3, -0.25) is 4.79 Å². The number of hydrazone groups is 1. The number of amides is 1. The molecule has 0 aliphatic heterocycles. The molecule has 0 heterocycles. The van der Waals surface area contributed by atoms with Gasteiger partial charge in [0.05, 0.1) is 11.2 Å². The third kappa shape index (κ3) is 5.16. The average Bonchev–Trinajstić information content (AvgIpc) is 2.48. The van der Waals surface area contributed by atoms with Gasteiger partial charge in [-0.25, -0.2) is 5.43 Å². The third-order valence-electron chi connectivity index (χ3n) is 2.73. The van der Waals surface area contributed by atoms with Crippen molar-refractivity contribution >= 4 is 39.7 Å². The van der Waals surface area contributed by atoms with Crippen LogP contribution in [0.15, 0.2) is 52.0 Å². The molecule has 22 heavy (non-hydrogen) atoms. The van der Waals surface area contributed by atoms with E-state index in [2.05, 4.69) is 26.5 Å². The summed E-state index contributed by atoms with van der Waals surface area (Å²) in [5.74, 6) is 0.0878. The predicted molar refractivity (Wildman–Crippen MR) is 91.6 cm³/mol. The van der Waals surface area contributed by atoms with Gasteiger partial charge in [0.25, 0.3) is 5.91 Å². The summed E-state index contributed by atoms with van der Waals surface area (Å²) in [7, 11) is 0. The Bertz CT molecular complexity index is 687. The lowest BCUT2D eigenvalue weighted by atomic mass is 10.2. The molecule has 0 aromatic heterocycles. The van der Waals surface area contributed by atoms with Gasteiger partial charge in [0, 0.05) is 4.47 Å². The highest BCUT2D eigenvalue weighted by Crippen LogP contribution is 2.27. The normalized spacial score (nSPS) is 10.7. The van der Waals surface area contributed by atoms with Crippen molar-refractivity contribution in [2.24, 2.45) is 5.10 Å². The minimum Gasteiger partial charge on any atom is -0.482 e. The number of carbonyl (C=O) groups excluding carboxylic acids is 1. The maximum absolute atomic E-state index is 11.6.